The van der Waals surface area contributed by atoms with E-state index in [1.54, 1.807) is 11.1 Å². The lowest BCUT2D eigenvalue weighted by molar-refractivity contribution is -0.124. The van der Waals surface area contributed by atoms with Crippen molar-refractivity contribution >= 4 is 17.8 Å². The summed E-state index contributed by atoms with van der Waals surface area (Å²) in [5.41, 5.74) is -0.513. The van der Waals surface area contributed by atoms with E-state index in [0.717, 1.165) is 25.2 Å². The molecule has 0 bridgehead atoms. The van der Waals surface area contributed by atoms with Gasteiger partial charge < -0.3 is 20.3 Å². The van der Waals surface area contributed by atoms with Gasteiger partial charge in [0.2, 0.25) is 5.91 Å². The lowest BCUT2D eigenvalue weighted by Crippen LogP contribution is -2.37. The number of likely N-dealkylation sites (tertiary alicyclic amines) is 1. The molecule has 1 unspecified atom stereocenters. The van der Waals surface area contributed by atoms with Gasteiger partial charge >= 0.3 is 6.09 Å². The van der Waals surface area contributed by atoms with E-state index in [9.17, 15) is 9.59 Å². The summed E-state index contributed by atoms with van der Waals surface area (Å²) >= 11 is 0. The van der Waals surface area contributed by atoms with Gasteiger partial charge in [0.25, 0.3) is 0 Å². The summed E-state index contributed by atoms with van der Waals surface area (Å²) in [6, 6.07) is 5.75. The fraction of sp³-hybridized carbons (Fsp3) is 0.632. The van der Waals surface area contributed by atoms with Gasteiger partial charge in [-0.3, -0.25) is 4.79 Å². The Hall–Kier alpha value is -2.31. The average Bonchev–Trinajstić information content (AvgIpc) is 3.07. The van der Waals surface area contributed by atoms with E-state index in [1.165, 1.54) is 0 Å². The Labute approximate surface area is 155 Å². The van der Waals surface area contributed by atoms with Crippen LogP contribution in [0.25, 0.3) is 0 Å². The third-order valence-corrected chi connectivity index (χ3v) is 4.08. The summed E-state index contributed by atoms with van der Waals surface area (Å²) in [6.45, 7) is 7.99. The minimum absolute atomic E-state index is 0.0220. The van der Waals surface area contributed by atoms with Crippen molar-refractivity contribution in [2.75, 3.05) is 31.5 Å². The van der Waals surface area contributed by atoms with Gasteiger partial charge in [-0.15, -0.1) is 0 Å². The van der Waals surface area contributed by atoms with Crippen molar-refractivity contribution in [1.82, 2.24) is 15.2 Å². The summed E-state index contributed by atoms with van der Waals surface area (Å²) in [6.07, 6.45) is 3.95. The molecule has 7 nitrogen and oxygen atoms in total. The summed E-state index contributed by atoms with van der Waals surface area (Å²) < 4.78 is 5.35. The second-order valence-corrected chi connectivity index (χ2v) is 7.55. The van der Waals surface area contributed by atoms with Gasteiger partial charge in [0.05, 0.1) is 5.92 Å². The zero-order valence-corrected chi connectivity index (χ0v) is 16.0. The number of anilines is 1. The van der Waals surface area contributed by atoms with E-state index in [0.29, 0.717) is 26.1 Å². The molecule has 1 atom stereocenters. The van der Waals surface area contributed by atoms with Crippen LogP contribution in [0.2, 0.25) is 0 Å². The number of hydrogen-bond donors (Lipinski definition) is 2. The minimum atomic E-state index is -0.513. The predicted octanol–water partition coefficient (Wildman–Crippen LogP) is 2.65. The van der Waals surface area contributed by atoms with E-state index in [2.05, 4.69) is 15.6 Å². The van der Waals surface area contributed by atoms with E-state index in [-0.39, 0.29) is 17.9 Å². The van der Waals surface area contributed by atoms with Crippen LogP contribution in [0.4, 0.5) is 10.6 Å². The van der Waals surface area contributed by atoms with Crippen LogP contribution in [0.3, 0.4) is 0 Å². The first kappa shape index (κ1) is 20.0. The van der Waals surface area contributed by atoms with Crippen LogP contribution in [0, 0.1) is 5.92 Å². The molecule has 0 spiro atoms. The Bertz CT molecular complexity index is 586. The van der Waals surface area contributed by atoms with Gasteiger partial charge in [0.15, 0.2) is 0 Å². The highest BCUT2D eigenvalue weighted by atomic mass is 16.6. The normalized spacial score (nSPS) is 17.0. The molecular weight excluding hydrogens is 332 g/mol. The Morgan fingerprint density at radius 2 is 2.04 bits per heavy atom. The van der Waals surface area contributed by atoms with Crippen LogP contribution in [0.5, 0.6) is 0 Å². The first-order valence-corrected chi connectivity index (χ1v) is 9.26. The standard InChI is InChI=1S/C19H30N4O3/c1-19(2,3)26-18(25)23-13-9-15(14-23)17(24)22-12-7-6-11-21-16-8-4-5-10-20-16/h4-5,8,10,15H,6-7,9,11-14H2,1-3H3,(H,20,21)(H,22,24). The first-order chi connectivity index (χ1) is 12.3. The zero-order valence-electron chi connectivity index (χ0n) is 16.0. The maximum absolute atomic E-state index is 12.2. The number of carbonyl (C=O) groups is 2. The molecule has 1 fully saturated rings. The maximum atomic E-state index is 12.2. The molecule has 2 heterocycles. The van der Waals surface area contributed by atoms with Crippen LogP contribution >= 0.6 is 0 Å². The number of nitrogens with one attached hydrogen (secondary N) is 2. The molecule has 2 amide bonds. The van der Waals surface area contributed by atoms with Crippen LogP contribution in [0.1, 0.15) is 40.0 Å². The number of carbonyl (C=O) groups excluding carboxylic acids is 2. The van der Waals surface area contributed by atoms with Gasteiger partial charge in [-0.05, 0) is 52.2 Å². The number of ether oxygens (including phenoxy) is 1. The number of rotatable bonds is 7. The molecule has 1 aromatic rings. The highest BCUT2D eigenvalue weighted by Gasteiger charge is 2.33. The SMILES string of the molecule is CC(C)(C)OC(=O)N1CCC(C(=O)NCCCCNc2ccccn2)C1. The van der Waals surface area contributed by atoms with E-state index < -0.39 is 5.60 Å². The molecule has 1 aliphatic rings. The van der Waals surface area contributed by atoms with Gasteiger partial charge in [0.1, 0.15) is 11.4 Å². The van der Waals surface area contributed by atoms with Crippen molar-refractivity contribution < 1.29 is 14.3 Å². The lowest BCUT2D eigenvalue weighted by Gasteiger charge is -2.24. The molecule has 2 rings (SSSR count). The monoisotopic (exact) mass is 362 g/mol. The van der Waals surface area contributed by atoms with Crippen LogP contribution in [-0.4, -0.2) is 53.7 Å². The van der Waals surface area contributed by atoms with Crippen molar-refractivity contribution in [3.05, 3.63) is 24.4 Å². The largest absolute Gasteiger partial charge is 0.444 e. The molecule has 26 heavy (non-hydrogen) atoms. The fourth-order valence-corrected chi connectivity index (χ4v) is 2.76. The molecular formula is C19H30N4O3. The lowest BCUT2D eigenvalue weighted by atomic mass is 10.1. The summed E-state index contributed by atoms with van der Waals surface area (Å²) in [4.78, 5) is 30.1. The minimum Gasteiger partial charge on any atom is -0.444 e. The van der Waals surface area contributed by atoms with E-state index in [4.69, 9.17) is 4.74 Å². The molecule has 144 valence electrons. The first-order valence-electron chi connectivity index (χ1n) is 9.26. The second kappa shape index (κ2) is 9.40. The number of hydrogen-bond acceptors (Lipinski definition) is 5. The third-order valence-electron chi connectivity index (χ3n) is 4.08. The number of amides is 2. The zero-order chi connectivity index (χ0) is 19.0. The summed E-state index contributed by atoms with van der Waals surface area (Å²) in [5, 5.41) is 6.21. The Morgan fingerprint density at radius 3 is 2.73 bits per heavy atom. The molecule has 0 saturated carbocycles. The highest BCUT2D eigenvalue weighted by molar-refractivity contribution is 5.80. The molecule has 1 saturated heterocycles. The molecule has 1 aromatic heterocycles. The fourth-order valence-electron chi connectivity index (χ4n) is 2.76. The number of aromatic nitrogens is 1. The topological polar surface area (TPSA) is 83.6 Å². The number of unbranched alkanes of at least 4 members (excludes halogenated alkanes) is 1. The smallest absolute Gasteiger partial charge is 0.410 e. The molecule has 1 aliphatic heterocycles. The van der Waals surface area contributed by atoms with Crippen LogP contribution in [0.15, 0.2) is 24.4 Å². The number of pyridine rings is 1. The molecule has 2 N–H and O–H groups in total. The highest BCUT2D eigenvalue weighted by Crippen LogP contribution is 2.19. The van der Waals surface area contributed by atoms with Gasteiger partial charge in [-0.1, -0.05) is 6.07 Å². The van der Waals surface area contributed by atoms with Crippen molar-refractivity contribution in [2.45, 2.75) is 45.6 Å². The van der Waals surface area contributed by atoms with Gasteiger partial charge in [0, 0.05) is 32.4 Å². The number of nitrogens with zero attached hydrogens (tertiary/aromatic N) is 2. The third kappa shape index (κ3) is 6.90. The average molecular weight is 362 g/mol. The molecule has 0 radical (unpaired) electrons. The Kier molecular flexibility index (Phi) is 7.24. The maximum Gasteiger partial charge on any atom is 0.410 e. The van der Waals surface area contributed by atoms with Crippen molar-refractivity contribution in [2.24, 2.45) is 5.92 Å². The Morgan fingerprint density at radius 1 is 1.27 bits per heavy atom. The van der Waals surface area contributed by atoms with Crippen molar-refractivity contribution in [3.63, 3.8) is 0 Å². The van der Waals surface area contributed by atoms with Gasteiger partial charge in [-0.25, -0.2) is 9.78 Å². The van der Waals surface area contributed by atoms with E-state index in [1.807, 2.05) is 39.0 Å². The van der Waals surface area contributed by atoms with Crippen LogP contribution < -0.4 is 10.6 Å². The van der Waals surface area contributed by atoms with Gasteiger partial charge in [-0.2, -0.15) is 0 Å². The van der Waals surface area contributed by atoms with Crippen molar-refractivity contribution in [3.8, 4) is 0 Å². The quantitative estimate of drug-likeness (QED) is 0.729. The Balaban J connectivity index is 1.58. The molecule has 0 aromatic carbocycles. The summed E-state index contributed by atoms with van der Waals surface area (Å²) in [5.74, 6) is 0.743. The van der Waals surface area contributed by atoms with E-state index >= 15 is 0 Å². The van der Waals surface area contributed by atoms with Crippen LogP contribution in [-0.2, 0) is 9.53 Å². The summed E-state index contributed by atoms with van der Waals surface area (Å²) in [7, 11) is 0. The molecule has 0 aliphatic carbocycles. The van der Waals surface area contributed by atoms with Crippen molar-refractivity contribution in [1.29, 1.82) is 0 Å². The predicted molar refractivity (Wildman–Crippen MR) is 101 cm³/mol. The second-order valence-electron chi connectivity index (χ2n) is 7.55. The molecule has 7 heteroatoms.